The maximum absolute atomic E-state index is 11.5. The third kappa shape index (κ3) is 29.2. The SMILES string of the molecule is CC(C)CC(=O)CCCCCCCC(=O)CC(C)C.CC(C)CC(=O)NC(C)C.CC(C)Cc1cn(C(C)C)nn1. The van der Waals surface area contributed by atoms with Crippen molar-refractivity contribution in [2.24, 2.45) is 23.7 Å². The Labute approximate surface area is 253 Å². The Morgan fingerprint density at radius 2 is 1.10 bits per heavy atom. The van der Waals surface area contributed by atoms with Crippen LogP contribution in [0.25, 0.3) is 0 Å². The number of amides is 1. The van der Waals surface area contributed by atoms with Crippen LogP contribution in [-0.4, -0.2) is 38.5 Å². The second-order valence-electron chi connectivity index (χ2n) is 13.7. The van der Waals surface area contributed by atoms with E-state index in [1.54, 1.807) is 0 Å². The molecule has 7 nitrogen and oxygen atoms in total. The summed E-state index contributed by atoms with van der Waals surface area (Å²) in [5.74, 6) is 3.05. The maximum atomic E-state index is 11.5. The fraction of sp³-hybridized carbons (Fsp3) is 0.853. The zero-order chi connectivity index (χ0) is 32.0. The standard InChI is InChI=1S/C17H32O2.C9H17N3.C8H17NO/c1-14(2)12-16(18)10-8-6-5-7-9-11-17(19)13-15(3)4;1-7(2)5-9-6-12(8(3)4)11-10-9;1-6(2)5-8(10)9-7(3)4/h14-15H,5-13H2,1-4H3;6-8H,5H2,1-4H3;6-7H,5H2,1-4H3,(H,9,10). The molecule has 0 saturated heterocycles. The number of aromatic nitrogens is 3. The highest BCUT2D eigenvalue weighted by Gasteiger charge is 2.07. The molecule has 0 aliphatic rings. The van der Waals surface area contributed by atoms with Crippen LogP contribution in [0.15, 0.2) is 6.20 Å². The summed E-state index contributed by atoms with van der Waals surface area (Å²) < 4.78 is 1.90. The van der Waals surface area contributed by atoms with E-state index in [-0.39, 0.29) is 11.9 Å². The summed E-state index contributed by atoms with van der Waals surface area (Å²) in [7, 11) is 0. The monoisotopic (exact) mass is 579 g/mol. The lowest BCUT2D eigenvalue weighted by atomic mass is 10.00. The van der Waals surface area contributed by atoms with Crippen LogP contribution >= 0.6 is 0 Å². The van der Waals surface area contributed by atoms with E-state index >= 15 is 0 Å². The summed E-state index contributed by atoms with van der Waals surface area (Å²) in [6, 6.07) is 0.685. The zero-order valence-electron chi connectivity index (χ0n) is 28.9. The van der Waals surface area contributed by atoms with Gasteiger partial charge in [0.2, 0.25) is 5.91 Å². The molecule has 1 rings (SSSR count). The highest BCUT2D eigenvalue weighted by molar-refractivity contribution is 5.78. The smallest absolute Gasteiger partial charge is 0.220 e. The summed E-state index contributed by atoms with van der Waals surface area (Å²) >= 11 is 0. The van der Waals surface area contributed by atoms with Gasteiger partial charge < -0.3 is 5.32 Å². The minimum atomic E-state index is 0.157. The van der Waals surface area contributed by atoms with Gasteiger partial charge in [-0.1, -0.05) is 79.9 Å². The molecule has 0 unspecified atom stereocenters. The van der Waals surface area contributed by atoms with Crippen LogP contribution in [0.3, 0.4) is 0 Å². The van der Waals surface area contributed by atoms with E-state index in [0.29, 0.717) is 47.7 Å². The number of nitrogens with zero attached hydrogens (tertiary/aromatic N) is 3. The Bertz CT molecular complexity index is 773. The molecule has 0 spiro atoms. The van der Waals surface area contributed by atoms with Gasteiger partial charge in [-0.2, -0.15) is 0 Å². The van der Waals surface area contributed by atoms with Gasteiger partial charge in [-0.15, -0.1) is 5.10 Å². The van der Waals surface area contributed by atoms with Gasteiger partial charge >= 0.3 is 0 Å². The molecular formula is C34H66N4O3. The fourth-order valence-electron chi connectivity index (χ4n) is 4.12. The maximum Gasteiger partial charge on any atom is 0.220 e. The van der Waals surface area contributed by atoms with Crippen LogP contribution in [0.1, 0.15) is 159 Å². The number of nitrogens with one attached hydrogen (secondary N) is 1. The highest BCUT2D eigenvalue weighted by Crippen LogP contribution is 2.12. The normalized spacial score (nSPS) is 11.2. The molecular weight excluding hydrogens is 512 g/mol. The predicted octanol–water partition coefficient (Wildman–Crippen LogP) is 8.56. The largest absolute Gasteiger partial charge is 0.354 e. The van der Waals surface area contributed by atoms with E-state index in [1.807, 2.05) is 38.6 Å². The third-order valence-corrected chi connectivity index (χ3v) is 5.93. The number of unbranched alkanes of at least 4 members (excludes halogenated alkanes) is 4. The van der Waals surface area contributed by atoms with E-state index in [2.05, 4.69) is 71.0 Å². The molecule has 0 fully saturated rings. The van der Waals surface area contributed by atoms with Gasteiger partial charge in [-0.25, -0.2) is 4.68 Å². The van der Waals surface area contributed by atoms with E-state index in [9.17, 15) is 14.4 Å². The van der Waals surface area contributed by atoms with Crippen molar-refractivity contribution in [3.8, 4) is 0 Å². The quantitative estimate of drug-likeness (QED) is 0.176. The van der Waals surface area contributed by atoms with Crippen molar-refractivity contribution in [1.29, 1.82) is 0 Å². The van der Waals surface area contributed by atoms with Crippen molar-refractivity contribution in [2.45, 2.75) is 166 Å². The lowest BCUT2D eigenvalue weighted by molar-refractivity contribution is -0.122. The van der Waals surface area contributed by atoms with Gasteiger partial charge in [-0.3, -0.25) is 14.4 Å². The van der Waals surface area contributed by atoms with Gasteiger partial charge in [0.1, 0.15) is 11.6 Å². The molecule has 0 radical (unpaired) electrons. The molecule has 0 atom stereocenters. The first-order valence-corrected chi connectivity index (χ1v) is 16.3. The number of carbonyl (C=O) groups excluding carboxylic acids is 3. The van der Waals surface area contributed by atoms with Crippen molar-refractivity contribution < 1.29 is 14.4 Å². The molecule has 0 aliphatic heterocycles. The summed E-state index contributed by atoms with van der Waals surface area (Å²) in [6.45, 7) is 25.0. The minimum absolute atomic E-state index is 0.157. The summed E-state index contributed by atoms with van der Waals surface area (Å²) in [5, 5.41) is 11.0. The zero-order valence-corrected chi connectivity index (χ0v) is 28.9. The second-order valence-corrected chi connectivity index (χ2v) is 13.7. The van der Waals surface area contributed by atoms with Crippen LogP contribution in [0.2, 0.25) is 0 Å². The van der Waals surface area contributed by atoms with Crippen molar-refractivity contribution in [3.63, 3.8) is 0 Å². The summed E-state index contributed by atoms with van der Waals surface area (Å²) in [5.41, 5.74) is 1.10. The van der Waals surface area contributed by atoms with Crippen molar-refractivity contribution >= 4 is 17.5 Å². The van der Waals surface area contributed by atoms with Crippen LogP contribution in [0.5, 0.6) is 0 Å². The molecule has 0 aliphatic carbocycles. The number of Topliss-reactive ketones (excluding diaryl/α,β-unsaturated/α-hetero) is 2. The average Bonchev–Trinajstić information content (AvgIpc) is 3.25. The van der Waals surface area contributed by atoms with Crippen LogP contribution in [-0.2, 0) is 20.8 Å². The van der Waals surface area contributed by atoms with Gasteiger partial charge in [0, 0.05) is 50.4 Å². The Morgan fingerprint density at radius 3 is 1.44 bits per heavy atom. The Morgan fingerprint density at radius 1 is 0.659 bits per heavy atom. The van der Waals surface area contributed by atoms with Gasteiger partial charge in [-0.05, 0) is 70.6 Å². The van der Waals surface area contributed by atoms with Gasteiger partial charge in [0.15, 0.2) is 0 Å². The topological polar surface area (TPSA) is 94.0 Å². The molecule has 1 heterocycles. The van der Waals surface area contributed by atoms with E-state index < -0.39 is 0 Å². The molecule has 1 aromatic heterocycles. The second kappa shape index (κ2) is 24.5. The number of rotatable bonds is 18. The number of hydrogen-bond acceptors (Lipinski definition) is 5. The molecule has 0 aromatic carbocycles. The molecule has 1 aromatic rings. The lowest BCUT2D eigenvalue weighted by Gasteiger charge is -2.09. The summed E-state index contributed by atoms with van der Waals surface area (Å²) in [6.07, 6.45) is 12.1. The minimum Gasteiger partial charge on any atom is -0.354 e. The number of carbonyl (C=O) groups is 3. The van der Waals surface area contributed by atoms with Crippen molar-refractivity contribution in [3.05, 3.63) is 11.9 Å². The lowest BCUT2D eigenvalue weighted by Crippen LogP contribution is -2.30. The number of hydrogen-bond donors (Lipinski definition) is 1. The predicted molar refractivity (Wildman–Crippen MR) is 173 cm³/mol. The van der Waals surface area contributed by atoms with E-state index in [4.69, 9.17) is 0 Å². The Balaban J connectivity index is 0. The van der Waals surface area contributed by atoms with E-state index in [1.165, 1.54) is 0 Å². The van der Waals surface area contributed by atoms with E-state index in [0.717, 1.165) is 69.9 Å². The van der Waals surface area contributed by atoms with Crippen LogP contribution in [0, 0.1) is 23.7 Å². The first-order valence-electron chi connectivity index (χ1n) is 16.3. The van der Waals surface area contributed by atoms with Crippen molar-refractivity contribution in [1.82, 2.24) is 20.3 Å². The molecule has 7 heteroatoms. The Hall–Kier alpha value is -2.05. The first kappa shape index (κ1) is 41.1. The molecule has 0 bridgehead atoms. The van der Waals surface area contributed by atoms with Gasteiger partial charge in [0.25, 0.3) is 0 Å². The Kier molecular flexibility index (Phi) is 24.6. The highest BCUT2D eigenvalue weighted by atomic mass is 16.1. The molecule has 0 saturated carbocycles. The van der Waals surface area contributed by atoms with Gasteiger partial charge in [0.05, 0.1) is 5.69 Å². The molecule has 1 amide bonds. The fourth-order valence-corrected chi connectivity index (χ4v) is 4.12. The van der Waals surface area contributed by atoms with Crippen molar-refractivity contribution in [2.75, 3.05) is 0 Å². The third-order valence-electron chi connectivity index (χ3n) is 5.93. The number of ketones is 2. The van der Waals surface area contributed by atoms with Crippen LogP contribution < -0.4 is 5.32 Å². The summed E-state index contributed by atoms with van der Waals surface area (Å²) in [4.78, 5) is 33.9. The molecule has 41 heavy (non-hydrogen) atoms. The van der Waals surface area contributed by atoms with Crippen LogP contribution in [0.4, 0.5) is 0 Å². The average molecular weight is 579 g/mol. The first-order chi connectivity index (χ1) is 19.0. The molecule has 240 valence electrons. The molecule has 1 N–H and O–H groups in total.